The second-order valence-electron chi connectivity index (χ2n) is 4.90. The first-order valence-corrected chi connectivity index (χ1v) is 6.35. The SMILES string of the molecule is O=C(O)[C@@H]1CCCN1C(=O)N1CC=C(C(F)(F)F)CC1. The van der Waals surface area contributed by atoms with Crippen LogP contribution in [0.1, 0.15) is 19.3 Å². The Bertz CT molecular complexity index is 448. The Morgan fingerprint density at radius 2 is 2.00 bits per heavy atom. The third kappa shape index (κ3) is 2.88. The lowest BCUT2D eigenvalue weighted by Gasteiger charge is -2.32. The van der Waals surface area contributed by atoms with Gasteiger partial charge in [-0.25, -0.2) is 9.59 Å². The van der Waals surface area contributed by atoms with E-state index in [1.807, 2.05) is 0 Å². The van der Waals surface area contributed by atoms with Gasteiger partial charge in [-0.05, 0) is 19.3 Å². The van der Waals surface area contributed by atoms with Gasteiger partial charge < -0.3 is 14.9 Å². The van der Waals surface area contributed by atoms with Gasteiger partial charge in [-0.3, -0.25) is 0 Å². The summed E-state index contributed by atoms with van der Waals surface area (Å²) >= 11 is 0. The topological polar surface area (TPSA) is 60.9 Å². The zero-order valence-electron chi connectivity index (χ0n) is 10.7. The number of amides is 2. The van der Waals surface area contributed by atoms with Crippen LogP contribution in [0.2, 0.25) is 0 Å². The second-order valence-corrected chi connectivity index (χ2v) is 4.90. The molecule has 2 heterocycles. The summed E-state index contributed by atoms with van der Waals surface area (Å²) in [6, 6.07) is -1.36. The van der Waals surface area contributed by atoms with Gasteiger partial charge in [0.25, 0.3) is 0 Å². The van der Waals surface area contributed by atoms with E-state index in [1.54, 1.807) is 0 Å². The molecule has 8 heteroatoms. The number of carbonyl (C=O) groups is 2. The number of hydrogen-bond donors (Lipinski definition) is 1. The Hall–Kier alpha value is -1.73. The highest BCUT2D eigenvalue weighted by molar-refractivity contribution is 5.83. The fourth-order valence-corrected chi connectivity index (χ4v) is 2.53. The average Bonchev–Trinajstić information content (AvgIpc) is 2.86. The lowest BCUT2D eigenvalue weighted by molar-refractivity contribution is -0.141. The normalized spacial score (nSPS) is 23.8. The maximum absolute atomic E-state index is 12.5. The largest absolute Gasteiger partial charge is 0.480 e. The van der Waals surface area contributed by atoms with Gasteiger partial charge in [0.2, 0.25) is 0 Å². The van der Waals surface area contributed by atoms with Gasteiger partial charge in [-0.1, -0.05) is 6.08 Å². The minimum absolute atomic E-state index is 0.0347. The molecule has 0 bridgehead atoms. The van der Waals surface area contributed by atoms with Crippen LogP contribution >= 0.6 is 0 Å². The molecule has 2 aliphatic heterocycles. The minimum Gasteiger partial charge on any atom is -0.480 e. The molecule has 0 aliphatic carbocycles. The summed E-state index contributed by atoms with van der Waals surface area (Å²) in [6.45, 7) is 0.172. The van der Waals surface area contributed by atoms with Crippen LogP contribution in [0.5, 0.6) is 0 Å². The Kier molecular flexibility index (Phi) is 3.92. The number of nitrogens with zero attached hydrogens (tertiary/aromatic N) is 2. The Labute approximate surface area is 113 Å². The van der Waals surface area contributed by atoms with E-state index in [4.69, 9.17) is 5.11 Å². The summed E-state index contributed by atoms with van der Waals surface area (Å²) in [6.07, 6.45) is -2.63. The van der Waals surface area contributed by atoms with Gasteiger partial charge in [0, 0.05) is 25.2 Å². The Balaban J connectivity index is 2.02. The molecule has 0 aromatic rings. The van der Waals surface area contributed by atoms with E-state index < -0.39 is 29.8 Å². The molecule has 2 rings (SSSR count). The molecule has 1 saturated heterocycles. The van der Waals surface area contributed by atoms with Gasteiger partial charge >= 0.3 is 18.2 Å². The molecule has 0 spiro atoms. The van der Waals surface area contributed by atoms with Crippen molar-refractivity contribution in [2.24, 2.45) is 0 Å². The third-order valence-corrected chi connectivity index (χ3v) is 3.63. The fraction of sp³-hybridized carbons (Fsp3) is 0.667. The van der Waals surface area contributed by atoms with E-state index in [1.165, 1.54) is 9.80 Å². The maximum Gasteiger partial charge on any atom is 0.412 e. The molecular formula is C12H15F3N2O3. The van der Waals surface area contributed by atoms with Gasteiger partial charge in [-0.15, -0.1) is 0 Å². The van der Waals surface area contributed by atoms with Gasteiger partial charge in [0.1, 0.15) is 6.04 Å². The number of carbonyl (C=O) groups excluding carboxylic acids is 1. The van der Waals surface area contributed by atoms with Crippen molar-refractivity contribution in [2.45, 2.75) is 31.5 Å². The van der Waals surface area contributed by atoms with E-state index in [0.29, 0.717) is 19.4 Å². The van der Waals surface area contributed by atoms with E-state index >= 15 is 0 Å². The van der Waals surface area contributed by atoms with Gasteiger partial charge in [0.05, 0.1) is 0 Å². The molecule has 1 N–H and O–H groups in total. The fourth-order valence-electron chi connectivity index (χ4n) is 2.53. The van der Waals surface area contributed by atoms with Crippen LogP contribution in [0, 0.1) is 0 Å². The Morgan fingerprint density at radius 3 is 2.50 bits per heavy atom. The summed E-state index contributed by atoms with van der Waals surface area (Å²) in [4.78, 5) is 25.7. The molecule has 2 aliphatic rings. The predicted molar refractivity (Wildman–Crippen MR) is 63.1 cm³/mol. The van der Waals surface area contributed by atoms with Crippen LogP contribution < -0.4 is 0 Å². The Morgan fingerprint density at radius 1 is 1.30 bits per heavy atom. The number of carboxylic acids is 1. The van der Waals surface area contributed by atoms with E-state index in [-0.39, 0.29) is 19.5 Å². The molecule has 0 radical (unpaired) electrons. The quantitative estimate of drug-likeness (QED) is 0.750. The molecular weight excluding hydrogens is 277 g/mol. The van der Waals surface area contributed by atoms with Crippen LogP contribution in [-0.2, 0) is 4.79 Å². The number of rotatable bonds is 1. The van der Waals surface area contributed by atoms with Crippen LogP contribution in [0.4, 0.5) is 18.0 Å². The predicted octanol–water partition coefficient (Wildman–Crippen LogP) is 1.85. The number of alkyl halides is 3. The van der Waals surface area contributed by atoms with Gasteiger partial charge in [-0.2, -0.15) is 13.2 Å². The molecule has 1 fully saturated rings. The van der Waals surface area contributed by atoms with Crippen molar-refractivity contribution in [3.05, 3.63) is 11.6 Å². The smallest absolute Gasteiger partial charge is 0.412 e. The molecule has 112 valence electrons. The minimum atomic E-state index is -4.35. The molecule has 2 amide bonds. The third-order valence-electron chi connectivity index (χ3n) is 3.63. The summed E-state index contributed by atoms with van der Waals surface area (Å²) in [5.74, 6) is -1.07. The van der Waals surface area contributed by atoms with Crippen molar-refractivity contribution in [1.82, 2.24) is 9.80 Å². The molecule has 0 aromatic carbocycles. The average molecular weight is 292 g/mol. The van der Waals surface area contributed by atoms with Crippen molar-refractivity contribution in [1.29, 1.82) is 0 Å². The number of likely N-dealkylation sites (tertiary alicyclic amines) is 1. The highest BCUT2D eigenvalue weighted by atomic mass is 19.4. The number of hydrogen-bond acceptors (Lipinski definition) is 2. The van der Waals surface area contributed by atoms with Crippen molar-refractivity contribution < 1.29 is 27.9 Å². The first kappa shape index (κ1) is 14.7. The van der Waals surface area contributed by atoms with Crippen molar-refractivity contribution in [3.63, 3.8) is 0 Å². The summed E-state index contributed by atoms with van der Waals surface area (Å²) in [5, 5.41) is 9.01. The van der Waals surface area contributed by atoms with Gasteiger partial charge in [0.15, 0.2) is 0 Å². The zero-order chi connectivity index (χ0) is 14.9. The monoisotopic (exact) mass is 292 g/mol. The summed E-state index contributed by atoms with van der Waals surface area (Å²) < 4.78 is 37.4. The van der Waals surface area contributed by atoms with Crippen LogP contribution in [0.3, 0.4) is 0 Å². The van der Waals surface area contributed by atoms with Crippen molar-refractivity contribution in [2.75, 3.05) is 19.6 Å². The summed E-state index contributed by atoms with van der Waals surface area (Å²) in [5.41, 5.74) is -0.627. The number of urea groups is 1. The number of carboxylic acid groups (broad SMARTS) is 1. The lowest BCUT2D eigenvalue weighted by atomic mass is 10.1. The molecule has 0 aromatic heterocycles. The van der Waals surface area contributed by atoms with E-state index in [2.05, 4.69) is 0 Å². The van der Waals surface area contributed by atoms with Crippen LogP contribution in [0.25, 0.3) is 0 Å². The van der Waals surface area contributed by atoms with E-state index in [9.17, 15) is 22.8 Å². The summed E-state index contributed by atoms with van der Waals surface area (Å²) in [7, 11) is 0. The van der Waals surface area contributed by atoms with Crippen LogP contribution in [0.15, 0.2) is 11.6 Å². The van der Waals surface area contributed by atoms with Crippen molar-refractivity contribution in [3.8, 4) is 0 Å². The molecule has 0 unspecified atom stereocenters. The number of halogens is 3. The maximum atomic E-state index is 12.5. The highest BCUT2D eigenvalue weighted by Gasteiger charge is 2.39. The molecule has 20 heavy (non-hydrogen) atoms. The number of aliphatic carboxylic acids is 1. The van der Waals surface area contributed by atoms with Crippen molar-refractivity contribution >= 4 is 12.0 Å². The second kappa shape index (κ2) is 5.34. The van der Waals surface area contributed by atoms with Crippen LogP contribution in [-0.4, -0.2) is 58.8 Å². The lowest BCUT2D eigenvalue weighted by Crippen LogP contribution is -2.49. The molecule has 0 saturated carbocycles. The first-order chi connectivity index (χ1) is 9.30. The zero-order valence-corrected chi connectivity index (χ0v) is 10.7. The molecule has 1 atom stereocenters. The first-order valence-electron chi connectivity index (χ1n) is 6.35. The van der Waals surface area contributed by atoms with E-state index in [0.717, 1.165) is 6.08 Å². The highest BCUT2D eigenvalue weighted by Crippen LogP contribution is 2.30. The standard InChI is InChI=1S/C12H15F3N2O3/c13-12(14,15)8-3-6-16(7-4-8)11(20)17-5-1-2-9(17)10(18)19/h3,9H,1-2,4-7H2,(H,18,19)/t9-/m0/s1. The molecule has 5 nitrogen and oxygen atoms in total.